The van der Waals surface area contributed by atoms with Gasteiger partial charge in [0.15, 0.2) is 0 Å². The average molecular weight is 410 g/mol. The van der Waals surface area contributed by atoms with E-state index >= 15 is 0 Å². The van der Waals surface area contributed by atoms with Crippen molar-refractivity contribution in [2.75, 3.05) is 13.1 Å². The Morgan fingerprint density at radius 3 is 2.53 bits per heavy atom. The topological polar surface area (TPSA) is 49.8 Å². The Kier molecular flexibility index (Phi) is 6.06. The highest BCUT2D eigenvalue weighted by Crippen LogP contribution is 2.39. The van der Waals surface area contributed by atoms with Crippen LogP contribution in [-0.4, -0.2) is 35.2 Å². The first kappa shape index (κ1) is 21.2. The van der Waals surface area contributed by atoms with E-state index in [1.54, 1.807) is 0 Å². The summed E-state index contributed by atoms with van der Waals surface area (Å²) in [5.41, 5.74) is 1.62. The van der Waals surface area contributed by atoms with Gasteiger partial charge in [0.05, 0.1) is 12.0 Å². The number of hydrogen-bond donors (Lipinski definition) is 1. The highest BCUT2D eigenvalue weighted by molar-refractivity contribution is 5.88. The maximum absolute atomic E-state index is 11.2. The lowest BCUT2D eigenvalue weighted by Gasteiger charge is -2.37. The molecule has 1 atom stereocenters. The molecular weight excluding hydrogens is 374 g/mol. The van der Waals surface area contributed by atoms with Crippen LogP contribution in [0.1, 0.15) is 58.4 Å². The zero-order chi connectivity index (χ0) is 21.3. The molecule has 4 heteroatoms. The molecule has 162 valence electrons. The second-order valence-electron chi connectivity index (χ2n) is 10.3. The zero-order valence-corrected chi connectivity index (χ0v) is 18.6. The molecule has 1 heterocycles. The summed E-state index contributed by atoms with van der Waals surface area (Å²) in [4.78, 5) is 13.4. The first-order valence-electron chi connectivity index (χ1n) is 11.4. The van der Waals surface area contributed by atoms with Gasteiger partial charge in [0.2, 0.25) is 0 Å². The first-order chi connectivity index (χ1) is 14.3. The molecule has 30 heavy (non-hydrogen) atoms. The van der Waals surface area contributed by atoms with Gasteiger partial charge >= 0.3 is 5.97 Å². The van der Waals surface area contributed by atoms with Crippen molar-refractivity contribution in [1.82, 2.24) is 4.90 Å². The number of benzene rings is 2. The number of carboxylic acids is 1. The third kappa shape index (κ3) is 4.80. The minimum absolute atomic E-state index is 0.223. The largest absolute Gasteiger partial charge is 0.490 e. The van der Waals surface area contributed by atoms with Crippen LogP contribution in [0.5, 0.6) is 5.75 Å². The van der Waals surface area contributed by atoms with Crippen LogP contribution in [0.2, 0.25) is 0 Å². The van der Waals surface area contributed by atoms with Crippen molar-refractivity contribution < 1.29 is 14.6 Å². The molecule has 4 rings (SSSR count). The van der Waals surface area contributed by atoms with Crippen molar-refractivity contribution in [2.24, 2.45) is 17.3 Å². The second kappa shape index (κ2) is 8.58. The minimum atomic E-state index is -0.672. The van der Waals surface area contributed by atoms with Crippen molar-refractivity contribution >= 4 is 16.7 Å². The molecule has 1 aliphatic heterocycles. The van der Waals surface area contributed by atoms with Gasteiger partial charge in [0.25, 0.3) is 0 Å². The summed E-state index contributed by atoms with van der Waals surface area (Å²) in [6.45, 7) is 9.37. The van der Waals surface area contributed by atoms with Gasteiger partial charge in [-0.3, -0.25) is 9.69 Å². The SMILES string of the molecule is CC(C)(C)[C@H]1CC[C@H](Oc2cccc3cc(CN4CCC(C(=O)O)C4)ccc23)CC1. The standard InChI is InChI=1S/C26H35NO3/c1-26(2,3)21-8-10-22(11-9-21)30-24-6-4-5-19-15-18(7-12-23(19)24)16-27-14-13-20(17-27)25(28)29/h4-7,12,15,20-22H,8-11,13-14,16-17H2,1-3H3,(H,28,29)/t20?,21-,22-. The maximum atomic E-state index is 11.2. The van der Waals surface area contributed by atoms with E-state index in [9.17, 15) is 9.90 Å². The van der Waals surface area contributed by atoms with Crippen molar-refractivity contribution in [3.63, 3.8) is 0 Å². The minimum Gasteiger partial charge on any atom is -0.490 e. The van der Waals surface area contributed by atoms with Gasteiger partial charge in [0.1, 0.15) is 5.75 Å². The lowest BCUT2D eigenvalue weighted by atomic mass is 9.72. The highest BCUT2D eigenvalue weighted by atomic mass is 16.5. The Labute approximate surface area is 180 Å². The van der Waals surface area contributed by atoms with E-state index in [0.29, 0.717) is 18.1 Å². The first-order valence-corrected chi connectivity index (χ1v) is 11.4. The summed E-state index contributed by atoms with van der Waals surface area (Å²) in [6, 6.07) is 12.9. The molecule has 1 aliphatic carbocycles. The van der Waals surface area contributed by atoms with Crippen LogP contribution >= 0.6 is 0 Å². The summed E-state index contributed by atoms with van der Waals surface area (Å²) in [5.74, 6) is 0.886. The van der Waals surface area contributed by atoms with E-state index in [0.717, 1.165) is 44.0 Å². The average Bonchev–Trinajstić information content (AvgIpc) is 3.17. The predicted octanol–water partition coefficient (Wildman–Crippen LogP) is 5.73. The van der Waals surface area contributed by atoms with Gasteiger partial charge in [-0.15, -0.1) is 0 Å². The van der Waals surface area contributed by atoms with Crippen LogP contribution in [0.25, 0.3) is 10.8 Å². The zero-order valence-electron chi connectivity index (χ0n) is 18.6. The van der Waals surface area contributed by atoms with E-state index < -0.39 is 5.97 Å². The Morgan fingerprint density at radius 2 is 1.87 bits per heavy atom. The summed E-state index contributed by atoms with van der Waals surface area (Å²) >= 11 is 0. The van der Waals surface area contributed by atoms with Crippen molar-refractivity contribution in [2.45, 2.75) is 65.5 Å². The van der Waals surface area contributed by atoms with E-state index in [4.69, 9.17) is 4.74 Å². The molecule has 4 nitrogen and oxygen atoms in total. The Bertz CT molecular complexity index is 893. The smallest absolute Gasteiger partial charge is 0.307 e. The highest BCUT2D eigenvalue weighted by Gasteiger charge is 2.31. The van der Waals surface area contributed by atoms with Crippen LogP contribution in [0.3, 0.4) is 0 Å². The second-order valence-corrected chi connectivity index (χ2v) is 10.3. The molecule has 0 radical (unpaired) electrons. The van der Waals surface area contributed by atoms with E-state index in [2.05, 4.69) is 62.1 Å². The van der Waals surface area contributed by atoms with Crippen molar-refractivity contribution in [3.05, 3.63) is 42.0 Å². The third-order valence-electron chi connectivity index (χ3n) is 7.13. The van der Waals surface area contributed by atoms with Gasteiger partial charge in [-0.2, -0.15) is 0 Å². The third-order valence-corrected chi connectivity index (χ3v) is 7.13. The summed E-state index contributed by atoms with van der Waals surface area (Å²) in [7, 11) is 0. The van der Waals surface area contributed by atoms with Gasteiger partial charge in [0, 0.05) is 18.5 Å². The number of hydrogen-bond acceptors (Lipinski definition) is 3. The monoisotopic (exact) mass is 409 g/mol. The van der Waals surface area contributed by atoms with E-state index in [-0.39, 0.29) is 5.92 Å². The van der Waals surface area contributed by atoms with Gasteiger partial charge < -0.3 is 9.84 Å². The lowest BCUT2D eigenvalue weighted by molar-refractivity contribution is -0.141. The van der Waals surface area contributed by atoms with E-state index in [1.807, 2.05) is 0 Å². The lowest BCUT2D eigenvalue weighted by Crippen LogP contribution is -2.30. The molecule has 0 aromatic heterocycles. The Hall–Kier alpha value is -2.07. The normalized spacial score (nSPS) is 25.5. The number of ether oxygens (including phenoxy) is 1. The molecule has 1 saturated heterocycles. The summed E-state index contributed by atoms with van der Waals surface area (Å²) < 4.78 is 6.47. The molecule has 0 bridgehead atoms. The molecule has 0 amide bonds. The maximum Gasteiger partial charge on any atom is 0.307 e. The quantitative estimate of drug-likeness (QED) is 0.685. The fourth-order valence-electron chi connectivity index (χ4n) is 5.17. The molecule has 1 saturated carbocycles. The fourth-order valence-corrected chi connectivity index (χ4v) is 5.17. The number of likely N-dealkylation sites (tertiary alicyclic amines) is 1. The van der Waals surface area contributed by atoms with Crippen LogP contribution in [0.15, 0.2) is 36.4 Å². The molecule has 2 aliphatic rings. The number of rotatable bonds is 5. The molecule has 2 fully saturated rings. The molecule has 0 spiro atoms. The number of fused-ring (bicyclic) bond motifs is 1. The molecular formula is C26H35NO3. The van der Waals surface area contributed by atoms with Crippen molar-refractivity contribution in [3.8, 4) is 5.75 Å². The van der Waals surface area contributed by atoms with E-state index in [1.165, 1.54) is 29.2 Å². The van der Waals surface area contributed by atoms with Gasteiger partial charge in [-0.1, -0.05) is 45.0 Å². The molecule has 2 aromatic rings. The Balaban J connectivity index is 1.42. The summed E-state index contributed by atoms with van der Waals surface area (Å²) in [6.07, 6.45) is 5.82. The van der Waals surface area contributed by atoms with Gasteiger partial charge in [-0.25, -0.2) is 0 Å². The van der Waals surface area contributed by atoms with Crippen LogP contribution in [-0.2, 0) is 11.3 Å². The predicted molar refractivity (Wildman–Crippen MR) is 121 cm³/mol. The molecule has 2 aromatic carbocycles. The number of carbonyl (C=O) groups is 1. The van der Waals surface area contributed by atoms with Crippen LogP contribution in [0.4, 0.5) is 0 Å². The number of carboxylic acid groups (broad SMARTS) is 1. The molecule has 1 N–H and O–H groups in total. The van der Waals surface area contributed by atoms with Crippen LogP contribution < -0.4 is 4.74 Å². The Morgan fingerprint density at radius 1 is 1.10 bits per heavy atom. The number of nitrogens with zero attached hydrogens (tertiary/aromatic N) is 1. The van der Waals surface area contributed by atoms with Crippen LogP contribution in [0, 0.1) is 17.3 Å². The summed E-state index contributed by atoms with van der Waals surface area (Å²) in [5, 5.41) is 11.6. The number of aliphatic carboxylic acids is 1. The molecule has 1 unspecified atom stereocenters. The fraction of sp³-hybridized carbons (Fsp3) is 0.577. The van der Waals surface area contributed by atoms with Gasteiger partial charge in [-0.05, 0) is 73.1 Å². The van der Waals surface area contributed by atoms with Crippen molar-refractivity contribution in [1.29, 1.82) is 0 Å².